The van der Waals surface area contributed by atoms with Crippen LogP contribution in [0.25, 0.3) is 0 Å². The molecule has 1 aliphatic rings. The smallest absolute Gasteiger partial charge is 0.265 e. The normalized spacial score (nSPS) is 16.6. The molecule has 0 radical (unpaired) electrons. The molecule has 2 rings (SSSR count). The van der Waals surface area contributed by atoms with Crippen molar-refractivity contribution in [2.45, 2.75) is 37.1 Å². The highest BCUT2D eigenvalue weighted by Gasteiger charge is 2.39. The first-order valence-corrected chi connectivity index (χ1v) is 8.60. The van der Waals surface area contributed by atoms with Gasteiger partial charge < -0.3 is 10.1 Å². The van der Waals surface area contributed by atoms with E-state index in [1.54, 1.807) is 6.92 Å². The van der Waals surface area contributed by atoms with Gasteiger partial charge in [-0.3, -0.25) is 4.79 Å². The molecule has 0 saturated heterocycles. The summed E-state index contributed by atoms with van der Waals surface area (Å²) in [6, 6.07) is 4.22. The lowest BCUT2D eigenvalue weighted by atomic mass is 10.2. The molecule has 1 fully saturated rings. The topological polar surface area (TPSA) is 72.5 Å². The fourth-order valence-electron chi connectivity index (χ4n) is 1.77. The molecule has 1 aromatic carbocycles. The van der Waals surface area contributed by atoms with Crippen LogP contribution < -0.4 is 10.1 Å². The number of carbonyl (C=O) groups excluding carboxylic acids is 1. The second-order valence-electron chi connectivity index (χ2n) is 5.05. The maximum atomic E-state index is 12.1. The SMILES string of the molecule is CCOc1ccc(C(=O)NC2(C)CC2)cc1S(=O)(=O)Cl. The summed E-state index contributed by atoms with van der Waals surface area (Å²) in [5.41, 5.74) is 0.0798. The van der Waals surface area contributed by atoms with Crippen molar-refractivity contribution < 1.29 is 17.9 Å². The average molecular weight is 318 g/mol. The van der Waals surface area contributed by atoms with E-state index < -0.39 is 9.05 Å². The van der Waals surface area contributed by atoms with Crippen LogP contribution in [0, 0.1) is 0 Å². The molecular formula is C13H16ClNO4S. The molecule has 1 saturated carbocycles. The van der Waals surface area contributed by atoms with E-state index in [1.807, 2.05) is 6.92 Å². The molecular weight excluding hydrogens is 302 g/mol. The van der Waals surface area contributed by atoms with Gasteiger partial charge in [-0.1, -0.05) is 0 Å². The van der Waals surface area contributed by atoms with Crippen molar-refractivity contribution >= 4 is 25.6 Å². The quantitative estimate of drug-likeness (QED) is 0.846. The van der Waals surface area contributed by atoms with E-state index in [0.717, 1.165) is 12.8 Å². The third-order valence-corrected chi connectivity index (χ3v) is 4.53. The van der Waals surface area contributed by atoms with Gasteiger partial charge in [-0.25, -0.2) is 8.42 Å². The highest BCUT2D eigenvalue weighted by Crippen LogP contribution is 2.35. The van der Waals surface area contributed by atoms with Crippen molar-refractivity contribution in [3.8, 4) is 5.75 Å². The third kappa shape index (κ3) is 3.43. The number of hydrogen-bond acceptors (Lipinski definition) is 4. The van der Waals surface area contributed by atoms with Crippen LogP contribution in [-0.4, -0.2) is 26.5 Å². The Morgan fingerprint density at radius 3 is 2.60 bits per heavy atom. The van der Waals surface area contributed by atoms with E-state index in [4.69, 9.17) is 15.4 Å². The molecule has 110 valence electrons. The maximum Gasteiger partial charge on any atom is 0.265 e. The Hall–Kier alpha value is -1.27. The lowest BCUT2D eigenvalue weighted by Crippen LogP contribution is -2.34. The summed E-state index contributed by atoms with van der Waals surface area (Å²) in [5, 5.41) is 2.86. The van der Waals surface area contributed by atoms with E-state index in [-0.39, 0.29) is 27.7 Å². The summed E-state index contributed by atoms with van der Waals surface area (Å²) < 4.78 is 28.3. The summed E-state index contributed by atoms with van der Waals surface area (Å²) in [6.07, 6.45) is 1.85. The number of ether oxygens (including phenoxy) is 1. The molecule has 0 aliphatic heterocycles. The van der Waals surface area contributed by atoms with Crippen molar-refractivity contribution in [2.24, 2.45) is 0 Å². The van der Waals surface area contributed by atoms with Crippen molar-refractivity contribution in [1.29, 1.82) is 0 Å². The Morgan fingerprint density at radius 1 is 1.45 bits per heavy atom. The summed E-state index contributed by atoms with van der Waals surface area (Å²) in [7, 11) is 1.41. The van der Waals surface area contributed by atoms with Gasteiger partial charge in [0.05, 0.1) is 6.61 Å². The van der Waals surface area contributed by atoms with Crippen molar-refractivity contribution in [3.05, 3.63) is 23.8 Å². The molecule has 1 aromatic rings. The first kappa shape index (κ1) is 15.1. The Bertz CT molecular complexity index is 638. The molecule has 1 N–H and O–H groups in total. The molecule has 1 amide bonds. The zero-order valence-corrected chi connectivity index (χ0v) is 12.8. The van der Waals surface area contributed by atoms with Crippen LogP contribution in [0.3, 0.4) is 0 Å². The highest BCUT2D eigenvalue weighted by atomic mass is 35.7. The number of hydrogen-bond donors (Lipinski definition) is 1. The van der Waals surface area contributed by atoms with Crippen LogP contribution in [0.15, 0.2) is 23.1 Å². The van der Waals surface area contributed by atoms with Gasteiger partial charge in [-0.2, -0.15) is 0 Å². The predicted molar refractivity (Wildman–Crippen MR) is 75.8 cm³/mol. The predicted octanol–water partition coefficient (Wildman–Crippen LogP) is 2.30. The Balaban J connectivity index is 2.34. The molecule has 20 heavy (non-hydrogen) atoms. The largest absolute Gasteiger partial charge is 0.492 e. The molecule has 0 heterocycles. The van der Waals surface area contributed by atoms with Crippen molar-refractivity contribution in [2.75, 3.05) is 6.61 Å². The van der Waals surface area contributed by atoms with Crippen molar-refractivity contribution in [1.82, 2.24) is 5.32 Å². The van der Waals surface area contributed by atoms with Crippen LogP contribution in [0.1, 0.15) is 37.0 Å². The van der Waals surface area contributed by atoms with Crippen LogP contribution >= 0.6 is 10.7 Å². The van der Waals surface area contributed by atoms with Gasteiger partial charge in [0, 0.05) is 21.8 Å². The number of halogens is 1. The van der Waals surface area contributed by atoms with Gasteiger partial charge >= 0.3 is 0 Å². The first-order valence-electron chi connectivity index (χ1n) is 6.29. The van der Waals surface area contributed by atoms with Gasteiger partial charge in [0.1, 0.15) is 10.6 Å². The van der Waals surface area contributed by atoms with Gasteiger partial charge in [-0.05, 0) is 44.9 Å². The molecule has 0 atom stereocenters. The Morgan fingerprint density at radius 2 is 2.10 bits per heavy atom. The maximum absolute atomic E-state index is 12.1. The molecule has 0 spiro atoms. The number of benzene rings is 1. The van der Waals surface area contributed by atoms with Gasteiger partial charge in [-0.15, -0.1) is 0 Å². The molecule has 0 aromatic heterocycles. The van der Waals surface area contributed by atoms with Gasteiger partial charge in [0.25, 0.3) is 15.0 Å². The molecule has 0 unspecified atom stereocenters. The fourth-order valence-corrected chi connectivity index (χ4v) is 2.77. The molecule has 5 nitrogen and oxygen atoms in total. The standard InChI is InChI=1S/C13H16ClNO4S/c1-3-19-10-5-4-9(8-11(10)20(14,17)18)12(16)15-13(2)6-7-13/h4-5,8H,3,6-7H2,1-2H3,(H,15,16). The lowest BCUT2D eigenvalue weighted by Gasteiger charge is -2.13. The average Bonchev–Trinajstić information content (AvgIpc) is 3.06. The second-order valence-corrected chi connectivity index (χ2v) is 7.58. The minimum atomic E-state index is -3.97. The summed E-state index contributed by atoms with van der Waals surface area (Å²) in [4.78, 5) is 11.9. The van der Waals surface area contributed by atoms with E-state index in [9.17, 15) is 13.2 Å². The second kappa shape index (κ2) is 5.26. The van der Waals surface area contributed by atoms with Crippen LogP contribution in [0.2, 0.25) is 0 Å². The molecule has 0 bridgehead atoms. The highest BCUT2D eigenvalue weighted by molar-refractivity contribution is 8.13. The van der Waals surface area contributed by atoms with Crippen molar-refractivity contribution in [3.63, 3.8) is 0 Å². The molecule has 1 aliphatic carbocycles. The van der Waals surface area contributed by atoms with Crippen LogP contribution in [0.5, 0.6) is 5.75 Å². The number of rotatable bonds is 5. The number of amides is 1. The zero-order valence-electron chi connectivity index (χ0n) is 11.3. The van der Waals surface area contributed by atoms with Gasteiger partial charge in [0.2, 0.25) is 0 Å². The lowest BCUT2D eigenvalue weighted by molar-refractivity contribution is 0.0935. The van der Waals surface area contributed by atoms with E-state index in [0.29, 0.717) is 6.61 Å². The van der Waals surface area contributed by atoms with Gasteiger partial charge in [0.15, 0.2) is 0 Å². The minimum Gasteiger partial charge on any atom is -0.492 e. The Labute approximate surface area is 122 Å². The van der Waals surface area contributed by atoms with E-state index >= 15 is 0 Å². The molecule has 7 heteroatoms. The third-order valence-electron chi connectivity index (χ3n) is 3.18. The van der Waals surface area contributed by atoms with Crippen LogP contribution in [-0.2, 0) is 9.05 Å². The van der Waals surface area contributed by atoms with E-state index in [1.165, 1.54) is 18.2 Å². The first-order chi connectivity index (χ1) is 9.25. The number of carbonyl (C=O) groups is 1. The van der Waals surface area contributed by atoms with E-state index in [2.05, 4.69) is 5.32 Å². The summed E-state index contributed by atoms with van der Waals surface area (Å²) >= 11 is 0. The summed E-state index contributed by atoms with van der Waals surface area (Å²) in [5.74, 6) is -0.161. The number of nitrogens with one attached hydrogen (secondary N) is 1. The minimum absolute atomic E-state index is 0.150. The monoisotopic (exact) mass is 317 g/mol. The Kier molecular flexibility index (Phi) is 3.97. The fraction of sp³-hybridized carbons (Fsp3) is 0.462. The van der Waals surface area contributed by atoms with Crippen LogP contribution in [0.4, 0.5) is 0 Å². The zero-order chi connectivity index (χ0) is 15.0. The summed E-state index contributed by atoms with van der Waals surface area (Å²) in [6.45, 7) is 3.99.